The molecule has 0 radical (unpaired) electrons. The van der Waals surface area contributed by atoms with Gasteiger partial charge < -0.3 is 20.3 Å². The second-order valence-corrected chi connectivity index (χ2v) is 6.23. The van der Waals surface area contributed by atoms with Crippen LogP contribution < -0.4 is 5.73 Å². The summed E-state index contributed by atoms with van der Waals surface area (Å²) < 4.78 is 1.99. The van der Waals surface area contributed by atoms with E-state index >= 15 is 0 Å². The molecule has 24 heavy (non-hydrogen) atoms. The fourth-order valence-electron chi connectivity index (χ4n) is 2.48. The van der Waals surface area contributed by atoms with E-state index in [1.54, 1.807) is 25.2 Å². The molecular formula is C18H26N4O2. The quantitative estimate of drug-likeness (QED) is 0.757. The Balaban J connectivity index is 1.88. The maximum absolute atomic E-state index is 12.2. The highest BCUT2D eigenvalue weighted by Crippen LogP contribution is 2.06. The third kappa shape index (κ3) is 5.47. The Bertz CT molecular complexity index is 639. The standard InChI is InChI=1S/C18H26N4O2/c1-14(23)8-9-21(2)18(24)17(19)10-16-12-22(13-20-16)11-15-6-4-3-5-7-15/h3-7,12-14,17,23H,8-11,19H2,1-2H3/t14?,17-/m0/s1. The first-order chi connectivity index (χ1) is 11.5. The van der Waals surface area contributed by atoms with Crippen molar-refractivity contribution in [2.24, 2.45) is 5.73 Å². The Labute approximate surface area is 142 Å². The molecule has 1 aromatic heterocycles. The average Bonchev–Trinajstić information content (AvgIpc) is 2.99. The first-order valence-corrected chi connectivity index (χ1v) is 8.19. The molecule has 6 nitrogen and oxygen atoms in total. The lowest BCUT2D eigenvalue weighted by Gasteiger charge is -2.21. The van der Waals surface area contributed by atoms with Crippen LogP contribution in [0.25, 0.3) is 0 Å². The second kappa shape index (κ2) is 8.61. The molecule has 1 amide bonds. The molecule has 2 aromatic rings. The minimum absolute atomic E-state index is 0.131. The van der Waals surface area contributed by atoms with Gasteiger partial charge in [0.25, 0.3) is 0 Å². The van der Waals surface area contributed by atoms with Gasteiger partial charge in [0.2, 0.25) is 5.91 Å². The molecule has 3 N–H and O–H groups in total. The number of nitrogens with two attached hydrogens (primary N) is 1. The fourth-order valence-corrected chi connectivity index (χ4v) is 2.48. The molecule has 0 aliphatic heterocycles. The van der Waals surface area contributed by atoms with E-state index in [1.807, 2.05) is 29.0 Å². The Morgan fingerprint density at radius 1 is 1.38 bits per heavy atom. The summed E-state index contributed by atoms with van der Waals surface area (Å²) in [6.07, 6.45) is 4.21. The van der Waals surface area contributed by atoms with Crippen LogP contribution in [-0.4, -0.2) is 51.2 Å². The lowest BCUT2D eigenvalue weighted by atomic mass is 10.1. The minimum Gasteiger partial charge on any atom is -0.393 e. The van der Waals surface area contributed by atoms with Gasteiger partial charge in [-0.05, 0) is 18.9 Å². The first-order valence-electron chi connectivity index (χ1n) is 8.19. The molecule has 0 aliphatic carbocycles. The van der Waals surface area contributed by atoms with E-state index < -0.39 is 12.1 Å². The van der Waals surface area contributed by atoms with Crippen molar-refractivity contribution in [3.8, 4) is 0 Å². The zero-order valence-corrected chi connectivity index (χ0v) is 14.3. The number of carbonyl (C=O) groups is 1. The van der Waals surface area contributed by atoms with Gasteiger partial charge in [-0.25, -0.2) is 4.98 Å². The molecular weight excluding hydrogens is 304 g/mol. The number of hydrogen-bond donors (Lipinski definition) is 2. The van der Waals surface area contributed by atoms with Gasteiger partial charge in [-0.1, -0.05) is 30.3 Å². The highest BCUT2D eigenvalue weighted by atomic mass is 16.3. The molecule has 1 unspecified atom stereocenters. The molecule has 2 atom stereocenters. The summed E-state index contributed by atoms with van der Waals surface area (Å²) in [7, 11) is 1.71. The van der Waals surface area contributed by atoms with Gasteiger partial charge in [-0.2, -0.15) is 0 Å². The normalized spacial score (nSPS) is 13.5. The molecule has 0 saturated carbocycles. The number of aliphatic hydroxyl groups excluding tert-OH is 1. The Morgan fingerprint density at radius 3 is 2.75 bits per heavy atom. The number of hydrogen-bond acceptors (Lipinski definition) is 4. The van der Waals surface area contributed by atoms with Crippen molar-refractivity contribution >= 4 is 5.91 Å². The van der Waals surface area contributed by atoms with Crippen molar-refractivity contribution in [3.05, 3.63) is 54.1 Å². The minimum atomic E-state index is -0.621. The number of carbonyl (C=O) groups excluding carboxylic acids is 1. The average molecular weight is 330 g/mol. The Kier molecular flexibility index (Phi) is 6.52. The highest BCUT2D eigenvalue weighted by molar-refractivity contribution is 5.81. The van der Waals surface area contributed by atoms with Crippen LogP contribution in [0.3, 0.4) is 0 Å². The third-order valence-corrected chi connectivity index (χ3v) is 3.90. The number of nitrogens with zero attached hydrogens (tertiary/aromatic N) is 3. The van der Waals surface area contributed by atoms with Crippen molar-refractivity contribution in [1.82, 2.24) is 14.5 Å². The van der Waals surface area contributed by atoms with Crippen molar-refractivity contribution < 1.29 is 9.90 Å². The van der Waals surface area contributed by atoms with Crippen LogP contribution in [0, 0.1) is 0 Å². The summed E-state index contributed by atoms with van der Waals surface area (Å²) in [4.78, 5) is 18.2. The fraction of sp³-hybridized carbons (Fsp3) is 0.444. The van der Waals surface area contributed by atoms with Crippen LogP contribution in [-0.2, 0) is 17.8 Å². The van der Waals surface area contributed by atoms with Crippen molar-refractivity contribution in [2.45, 2.75) is 38.5 Å². The van der Waals surface area contributed by atoms with E-state index in [4.69, 9.17) is 5.73 Å². The van der Waals surface area contributed by atoms with Gasteiger partial charge in [-0.15, -0.1) is 0 Å². The van der Waals surface area contributed by atoms with Crippen molar-refractivity contribution in [1.29, 1.82) is 0 Å². The maximum atomic E-state index is 12.2. The molecule has 1 aromatic carbocycles. The molecule has 0 aliphatic rings. The number of amides is 1. The number of aliphatic hydroxyl groups is 1. The first kappa shape index (κ1) is 18.2. The predicted molar refractivity (Wildman–Crippen MR) is 93.4 cm³/mol. The highest BCUT2D eigenvalue weighted by Gasteiger charge is 2.19. The zero-order chi connectivity index (χ0) is 17.5. The van der Waals surface area contributed by atoms with Crippen molar-refractivity contribution in [3.63, 3.8) is 0 Å². The summed E-state index contributed by atoms with van der Waals surface area (Å²) in [5.41, 5.74) is 8.01. The summed E-state index contributed by atoms with van der Waals surface area (Å²) in [6.45, 7) is 2.94. The molecule has 0 bridgehead atoms. The number of likely N-dealkylation sites (N-methyl/N-ethyl adjacent to an activating group) is 1. The maximum Gasteiger partial charge on any atom is 0.239 e. The summed E-state index contributed by atoms with van der Waals surface area (Å²) in [5, 5.41) is 9.30. The monoisotopic (exact) mass is 330 g/mol. The summed E-state index contributed by atoms with van der Waals surface area (Å²) in [5.74, 6) is -0.131. The van der Waals surface area contributed by atoms with E-state index in [9.17, 15) is 9.90 Å². The van der Waals surface area contributed by atoms with E-state index in [-0.39, 0.29) is 5.91 Å². The molecule has 2 rings (SSSR count). The van der Waals surface area contributed by atoms with E-state index in [0.29, 0.717) is 19.4 Å². The van der Waals surface area contributed by atoms with Gasteiger partial charge in [0.05, 0.1) is 24.2 Å². The smallest absolute Gasteiger partial charge is 0.239 e. The van der Waals surface area contributed by atoms with E-state index in [2.05, 4.69) is 17.1 Å². The van der Waals surface area contributed by atoms with Crippen LogP contribution in [0.15, 0.2) is 42.9 Å². The van der Waals surface area contributed by atoms with Crippen LogP contribution in [0.4, 0.5) is 0 Å². The summed E-state index contributed by atoms with van der Waals surface area (Å²) >= 11 is 0. The Morgan fingerprint density at radius 2 is 2.08 bits per heavy atom. The van der Waals surface area contributed by atoms with Crippen LogP contribution in [0.1, 0.15) is 24.6 Å². The third-order valence-electron chi connectivity index (χ3n) is 3.90. The number of benzene rings is 1. The second-order valence-electron chi connectivity index (χ2n) is 6.23. The SMILES string of the molecule is CC(O)CCN(C)C(=O)[C@@H](N)Cc1cn(Cc2ccccc2)cn1. The van der Waals surface area contributed by atoms with Gasteiger partial charge in [0, 0.05) is 32.8 Å². The predicted octanol–water partition coefficient (Wildman–Crippen LogP) is 1.03. The topological polar surface area (TPSA) is 84.4 Å². The summed E-state index contributed by atoms with van der Waals surface area (Å²) in [6, 6.07) is 9.50. The molecule has 0 fully saturated rings. The van der Waals surface area contributed by atoms with Crippen LogP contribution in [0.2, 0.25) is 0 Å². The lowest BCUT2D eigenvalue weighted by molar-refractivity contribution is -0.131. The van der Waals surface area contributed by atoms with Gasteiger partial charge >= 0.3 is 0 Å². The Hall–Kier alpha value is -2.18. The number of rotatable bonds is 8. The van der Waals surface area contributed by atoms with Crippen LogP contribution >= 0.6 is 0 Å². The molecule has 0 saturated heterocycles. The van der Waals surface area contributed by atoms with Gasteiger partial charge in [0.15, 0.2) is 0 Å². The zero-order valence-electron chi connectivity index (χ0n) is 14.3. The molecule has 0 spiro atoms. The van der Waals surface area contributed by atoms with Crippen molar-refractivity contribution in [2.75, 3.05) is 13.6 Å². The number of imidazole rings is 1. The number of aromatic nitrogens is 2. The van der Waals surface area contributed by atoms with Crippen LogP contribution in [0.5, 0.6) is 0 Å². The molecule has 130 valence electrons. The van der Waals surface area contributed by atoms with Gasteiger partial charge in [-0.3, -0.25) is 4.79 Å². The molecule has 6 heteroatoms. The van der Waals surface area contributed by atoms with E-state index in [1.165, 1.54) is 5.56 Å². The van der Waals surface area contributed by atoms with Gasteiger partial charge in [0.1, 0.15) is 0 Å². The lowest BCUT2D eigenvalue weighted by Crippen LogP contribution is -2.43. The van der Waals surface area contributed by atoms with E-state index in [0.717, 1.165) is 12.2 Å². The molecule has 1 heterocycles. The largest absolute Gasteiger partial charge is 0.393 e.